The Hall–Kier alpha value is -1.91. The fourth-order valence-corrected chi connectivity index (χ4v) is 1.28. The molecule has 2 N–H and O–H groups in total. The van der Waals surface area contributed by atoms with Crippen molar-refractivity contribution in [2.24, 2.45) is 0 Å². The molecule has 0 aromatic carbocycles. The monoisotopic (exact) mass is 251 g/mol. The number of halogens is 5. The number of nitrogens with two attached hydrogens (primary N) is 1. The van der Waals surface area contributed by atoms with Crippen molar-refractivity contribution in [3.63, 3.8) is 0 Å². The first-order chi connectivity index (χ1) is 7.77. The minimum absolute atomic E-state index is 0.215. The summed E-state index contributed by atoms with van der Waals surface area (Å²) in [4.78, 5) is 3.12. The zero-order valence-corrected chi connectivity index (χ0v) is 8.22. The molecule has 1 aromatic heterocycles. The molecule has 0 aliphatic carbocycles. The molecule has 1 heterocycles. The second kappa shape index (κ2) is 4.53. The molecule has 0 unspecified atom stereocenters. The number of hydrogen-bond acceptors (Lipinski definition) is 3. The van der Waals surface area contributed by atoms with Crippen LogP contribution in [0.1, 0.15) is 23.4 Å². The average molecular weight is 251 g/mol. The fourth-order valence-electron chi connectivity index (χ4n) is 1.28. The standard InChI is InChI=1S/C9H6F5N3/c10-8(11)7-6(9(12,13)14)5(16)3-4(17-7)1-2-15/h3,8H,1H2,(H2,16,17). The van der Waals surface area contributed by atoms with E-state index in [1.807, 2.05) is 0 Å². The summed E-state index contributed by atoms with van der Waals surface area (Å²) in [7, 11) is 0. The summed E-state index contributed by atoms with van der Waals surface area (Å²) in [6, 6.07) is 2.37. The predicted octanol–water partition coefficient (Wildman–Crippen LogP) is 2.69. The van der Waals surface area contributed by atoms with Crippen LogP contribution in [-0.2, 0) is 12.6 Å². The van der Waals surface area contributed by atoms with Crippen molar-refractivity contribution in [2.45, 2.75) is 19.0 Å². The van der Waals surface area contributed by atoms with Crippen LogP contribution in [0.2, 0.25) is 0 Å². The van der Waals surface area contributed by atoms with Gasteiger partial charge in [-0.15, -0.1) is 0 Å². The van der Waals surface area contributed by atoms with E-state index in [2.05, 4.69) is 4.98 Å². The van der Waals surface area contributed by atoms with Gasteiger partial charge in [0.05, 0.1) is 18.2 Å². The lowest BCUT2D eigenvalue weighted by Crippen LogP contribution is -2.15. The Morgan fingerprint density at radius 1 is 1.41 bits per heavy atom. The van der Waals surface area contributed by atoms with Crippen molar-refractivity contribution in [1.29, 1.82) is 5.26 Å². The zero-order chi connectivity index (χ0) is 13.2. The van der Waals surface area contributed by atoms with Gasteiger partial charge in [-0.1, -0.05) is 0 Å². The number of alkyl halides is 5. The molecular weight excluding hydrogens is 245 g/mol. The van der Waals surface area contributed by atoms with E-state index >= 15 is 0 Å². The maximum absolute atomic E-state index is 12.5. The molecule has 0 saturated carbocycles. The van der Waals surface area contributed by atoms with E-state index in [1.54, 1.807) is 6.07 Å². The third-order valence-electron chi connectivity index (χ3n) is 1.88. The zero-order valence-electron chi connectivity index (χ0n) is 8.22. The molecule has 0 saturated heterocycles. The maximum Gasteiger partial charge on any atom is 0.420 e. The maximum atomic E-state index is 12.5. The highest BCUT2D eigenvalue weighted by Crippen LogP contribution is 2.39. The first-order valence-electron chi connectivity index (χ1n) is 4.29. The van der Waals surface area contributed by atoms with Gasteiger partial charge in [-0.3, -0.25) is 0 Å². The molecule has 0 amide bonds. The highest BCUT2D eigenvalue weighted by Gasteiger charge is 2.39. The van der Waals surface area contributed by atoms with Crippen LogP contribution in [-0.4, -0.2) is 4.98 Å². The normalized spacial score (nSPS) is 11.6. The Balaban J connectivity index is 3.45. The Labute approximate surface area is 92.7 Å². The summed E-state index contributed by atoms with van der Waals surface area (Å²) in [6.07, 6.45) is -8.80. The van der Waals surface area contributed by atoms with E-state index in [0.717, 1.165) is 6.07 Å². The second-order valence-corrected chi connectivity index (χ2v) is 3.10. The SMILES string of the molecule is N#CCc1cc(N)c(C(F)(F)F)c(C(F)F)n1. The quantitative estimate of drug-likeness (QED) is 0.822. The van der Waals surface area contributed by atoms with Gasteiger partial charge in [0.25, 0.3) is 6.43 Å². The summed E-state index contributed by atoms with van der Waals surface area (Å²) < 4.78 is 62.3. The van der Waals surface area contributed by atoms with Crippen molar-refractivity contribution in [1.82, 2.24) is 4.98 Å². The van der Waals surface area contributed by atoms with Crippen LogP contribution >= 0.6 is 0 Å². The van der Waals surface area contributed by atoms with Crippen LogP contribution in [0.15, 0.2) is 6.07 Å². The third-order valence-corrected chi connectivity index (χ3v) is 1.88. The number of rotatable bonds is 2. The number of hydrogen-bond donors (Lipinski definition) is 1. The number of nitrogens with zero attached hydrogens (tertiary/aromatic N) is 2. The first kappa shape index (κ1) is 13.2. The molecule has 92 valence electrons. The summed E-state index contributed by atoms with van der Waals surface area (Å²) in [5.74, 6) is 0. The summed E-state index contributed by atoms with van der Waals surface area (Å²) in [5.41, 5.74) is 0.919. The summed E-state index contributed by atoms with van der Waals surface area (Å²) in [6.45, 7) is 0. The van der Waals surface area contributed by atoms with Gasteiger partial charge < -0.3 is 5.73 Å². The van der Waals surface area contributed by atoms with E-state index in [1.165, 1.54) is 0 Å². The van der Waals surface area contributed by atoms with Gasteiger partial charge in [-0.25, -0.2) is 13.8 Å². The lowest BCUT2D eigenvalue weighted by atomic mass is 10.1. The fraction of sp³-hybridized carbons (Fsp3) is 0.333. The third kappa shape index (κ3) is 2.81. The van der Waals surface area contributed by atoms with Crippen LogP contribution in [0.3, 0.4) is 0 Å². The molecule has 0 aliphatic heterocycles. The van der Waals surface area contributed by atoms with Crippen LogP contribution in [0.25, 0.3) is 0 Å². The van der Waals surface area contributed by atoms with Gasteiger partial charge in [-0.05, 0) is 6.07 Å². The van der Waals surface area contributed by atoms with E-state index in [0.29, 0.717) is 0 Å². The molecule has 8 heteroatoms. The molecule has 17 heavy (non-hydrogen) atoms. The molecule has 0 fully saturated rings. The predicted molar refractivity (Wildman–Crippen MR) is 47.9 cm³/mol. The Morgan fingerprint density at radius 2 is 2.00 bits per heavy atom. The van der Waals surface area contributed by atoms with E-state index < -0.39 is 29.5 Å². The first-order valence-corrected chi connectivity index (χ1v) is 4.29. The molecule has 0 radical (unpaired) electrons. The van der Waals surface area contributed by atoms with Gasteiger partial charge in [0.15, 0.2) is 0 Å². The van der Waals surface area contributed by atoms with Crippen molar-refractivity contribution >= 4 is 5.69 Å². The van der Waals surface area contributed by atoms with Crippen LogP contribution in [0, 0.1) is 11.3 Å². The second-order valence-electron chi connectivity index (χ2n) is 3.10. The smallest absolute Gasteiger partial charge is 0.398 e. The molecule has 0 atom stereocenters. The van der Waals surface area contributed by atoms with E-state index in [4.69, 9.17) is 11.0 Å². The van der Waals surface area contributed by atoms with Crippen molar-refractivity contribution < 1.29 is 22.0 Å². The summed E-state index contributed by atoms with van der Waals surface area (Å²) in [5, 5.41) is 8.33. The topological polar surface area (TPSA) is 62.7 Å². The van der Waals surface area contributed by atoms with Crippen molar-refractivity contribution in [2.75, 3.05) is 5.73 Å². The molecule has 3 nitrogen and oxygen atoms in total. The Morgan fingerprint density at radius 3 is 2.41 bits per heavy atom. The van der Waals surface area contributed by atoms with Gasteiger partial charge in [0.2, 0.25) is 0 Å². The Kier molecular flexibility index (Phi) is 3.50. The molecule has 0 bridgehead atoms. The molecule has 1 aromatic rings. The van der Waals surface area contributed by atoms with Gasteiger partial charge in [0.1, 0.15) is 11.3 Å². The lowest BCUT2D eigenvalue weighted by molar-refractivity contribution is -0.139. The molecular formula is C9H6F5N3. The molecule has 1 rings (SSSR count). The number of pyridine rings is 1. The van der Waals surface area contributed by atoms with Crippen LogP contribution < -0.4 is 5.73 Å². The van der Waals surface area contributed by atoms with E-state index in [-0.39, 0.29) is 12.1 Å². The van der Waals surface area contributed by atoms with Gasteiger partial charge >= 0.3 is 6.18 Å². The number of anilines is 1. The van der Waals surface area contributed by atoms with Gasteiger partial charge in [-0.2, -0.15) is 18.4 Å². The number of nitrogen functional groups attached to an aromatic ring is 1. The van der Waals surface area contributed by atoms with Gasteiger partial charge in [0, 0.05) is 5.69 Å². The molecule has 0 aliphatic rings. The highest BCUT2D eigenvalue weighted by atomic mass is 19.4. The average Bonchev–Trinajstić information content (AvgIpc) is 2.14. The molecule has 0 spiro atoms. The van der Waals surface area contributed by atoms with Crippen LogP contribution in [0.5, 0.6) is 0 Å². The van der Waals surface area contributed by atoms with Crippen molar-refractivity contribution in [3.8, 4) is 6.07 Å². The lowest BCUT2D eigenvalue weighted by Gasteiger charge is -2.15. The van der Waals surface area contributed by atoms with Crippen LogP contribution in [0.4, 0.5) is 27.6 Å². The minimum Gasteiger partial charge on any atom is -0.398 e. The number of nitriles is 1. The van der Waals surface area contributed by atoms with E-state index in [9.17, 15) is 22.0 Å². The van der Waals surface area contributed by atoms with Crippen molar-refractivity contribution in [3.05, 3.63) is 23.0 Å². The number of aromatic nitrogens is 1. The highest BCUT2D eigenvalue weighted by molar-refractivity contribution is 5.52. The Bertz CT molecular complexity index is 461. The largest absolute Gasteiger partial charge is 0.420 e. The minimum atomic E-state index is -5.01. The summed E-state index contributed by atoms with van der Waals surface area (Å²) >= 11 is 0.